The Hall–Kier alpha value is -1.32. The van der Waals surface area contributed by atoms with Gasteiger partial charge in [0.25, 0.3) is 0 Å². The molecule has 0 aromatic carbocycles. The molecule has 0 saturated carbocycles. The minimum absolute atomic E-state index is 0.328. The summed E-state index contributed by atoms with van der Waals surface area (Å²) in [7, 11) is 0. The molecule has 1 unspecified atom stereocenters. The third kappa shape index (κ3) is 1.58. The zero-order valence-corrected chi connectivity index (χ0v) is 6.00. The van der Waals surface area contributed by atoms with E-state index in [2.05, 4.69) is 0 Å². The van der Waals surface area contributed by atoms with Gasteiger partial charge in [0, 0.05) is 5.57 Å². The first-order valence-corrected chi connectivity index (χ1v) is 3.44. The van der Waals surface area contributed by atoms with Crippen molar-refractivity contribution < 1.29 is 5.11 Å². The molecule has 3 heteroatoms. The molecule has 0 heterocycles. The molecule has 0 radical (unpaired) electrons. The third-order valence-electron chi connectivity index (χ3n) is 1.73. The van der Waals surface area contributed by atoms with Gasteiger partial charge in [-0.3, -0.25) is 0 Å². The van der Waals surface area contributed by atoms with Crippen molar-refractivity contribution in [1.29, 1.82) is 10.5 Å². The number of rotatable bonds is 0. The standard InChI is InChI=1S/C8H7N2O/c9-5-7-2-1-3-8(11,4-7)6-10/h4H,1-3H2/q-1. The van der Waals surface area contributed by atoms with Crippen LogP contribution in [0, 0.1) is 22.7 Å². The van der Waals surface area contributed by atoms with Gasteiger partial charge in [0.1, 0.15) is 0 Å². The Balaban J connectivity index is 2.90. The molecule has 0 fully saturated rings. The molecule has 0 spiro atoms. The van der Waals surface area contributed by atoms with E-state index in [1.165, 1.54) is 6.08 Å². The van der Waals surface area contributed by atoms with Gasteiger partial charge >= 0.3 is 0 Å². The van der Waals surface area contributed by atoms with E-state index in [1.807, 2.05) is 6.07 Å². The Labute approximate surface area is 65.2 Å². The van der Waals surface area contributed by atoms with Gasteiger partial charge in [-0.1, -0.05) is 6.08 Å². The molecule has 1 aliphatic rings. The highest BCUT2D eigenvalue weighted by Crippen LogP contribution is 2.22. The molecule has 0 aromatic rings. The molecular formula is C8H7N2O-. The lowest BCUT2D eigenvalue weighted by Crippen LogP contribution is -2.41. The minimum Gasteiger partial charge on any atom is -0.835 e. The number of nitrogens with zero attached hydrogens (tertiary/aromatic N) is 2. The summed E-state index contributed by atoms with van der Waals surface area (Å²) in [4.78, 5) is 0. The molecule has 1 aliphatic carbocycles. The second-order valence-electron chi connectivity index (χ2n) is 2.64. The van der Waals surface area contributed by atoms with Gasteiger partial charge in [-0.25, -0.2) is 0 Å². The van der Waals surface area contributed by atoms with E-state index in [-0.39, 0.29) is 0 Å². The van der Waals surface area contributed by atoms with Gasteiger partial charge in [0.15, 0.2) is 0 Å². The molecular weight excluding hydrogens is 140 g/mol. The monoisotopic (exact) mass is 147 g/mol. The molecule has 3 nitrogen and oxygen atoms in total. The van der Waals surface area contributed by atoms with Crippen molar-refractivity contribution in [2.24, 2.45) is 0 Å². The fourth-order valence-corrected chi connectivity index (χ4v) is 1.14. The lowest BCUT2D eigenvalue weighted by atomic mass is 9.88. The van der Waals surface area contributed by atoms with Gasteiger partial charge in [-0.15, -0.1) is 0 Å². The smallest absolute Gasteiger partial charge is 0.0943 e. The summed E-state index contributed by atoms with van der Waals surface area (Å²) in [6, 6.07) is 3.56. The van der Waals surface area contributed by atoms with E-state index >= 15 is 0 Å². The van der Waals surface area contributed by atoms with E-state index in [4.69, 9.17) is 10.5 Å². The lowest BCUT2D eigenvalue weighted by molar-refractivity contribution is -0.440. The average Bonchev–Trinajstić information content (AvgIpc) is 2.05. The molecule has 0 amide bonds. The van der Waals surface area contributed by atoms with Crippen LogP contribution < -0.4 is 5.11 Å². The maximum absolute atomic E-state index is 11.3. The van der Waals surface area contributed by atoms with E-state index < -0.39 is 5.60 Å². The average molecular weight is 147 g/mol. The summed E-state index contributed by atoms with van der Waals surface area (Å²) >= 11 is 0. The molecule has 1 rings (SSSR count). The molecule has 0 saturated heterocycles. The first kappa shape index (κ1) is 7.78. The van der Waals surface area contributed by atoms with E-state index in [0.29, 0.717) is 24.8 Å². The summed E-state index contributed by atoms with van der Waals surface area (Å²) in [5.41, 5.74) is -1.18. The Bertz CT molecular complexity index is 269. The fraction of sp³-hybridized carbons (Fsp3) is 0.500. The Morgan fingerprint density at radius 1 is 1.55 bits per heavy atom. The maximum atomic E-state index is 11.3. The molecule has 0 aromatic heterocycles. The largest absolute Gasteiger partial charge is 0.835 e. The molecule has 1 atom stereocenters. The molecule has 0 N–H and O–H groups in total. The van der Waals surface area contributed by atoms with Crippen molar-refractivity contribution in [3.05, 3.63) is 11.6 Å². The lowest BCUT2D eigenvalue weighted by Gasteiger charge is -2.32. The molecule has 0 aliphatic heterocycles. The molecule has 0 bridgehead atoms. The van der Waals surface area contributed by atoms with Crippen molar-refractivity contribution in [2.45, 2.75) is 24.9 Å². The van der Waals surface area contributed by atoms with Gasteiger partial charge in [-0.2, -0.15) is 10.5 Å². The van der Waals surface area contributed by atoms with Crippen LogP contribution in [0.3, 0.4) is 0 Å². The van der Waals surface area contributed by atoms with Gasteiger partial charge < -0.3 is 5.11 Å². The number of hydrogen-bond acceptors (Lipinski definition) is 3. The van der Waals surface area contributed by atoms with E-state index in [0.717, 1.165) is 0 Å². The van der Waals surface area contributed by atoms with Crippen molar-refractivity contribution in [2.75, 3.05) is 0 Å². The minimum atomic E-state index is -1.64. The van der Waals surface area contributed by atoms with E-state index in [1.54, 1.807) is 6.07 Å². The normalized spacial score (nSPS) is 29.9. The van der Waals surface area contributed by atoms with Crippen LogP contribution in [-0.2, 0) is 0 Å². The quantitative estimate of drug-likeness (QED) is 0.492. The Morgan fingerprint density at radius 3 is 2.82 bits per heavy atom. The van der Waals surface area contributed by atoms with Crippen molar-refractivity contribution >= 4 is 0 Å². The van der Waals surface area contributed by atoms with Gasteiger partial charge in [0.05, 0.1) is 12.1 Å². The fourth-order valence-electron chi connectivity index (χ4n) is 1.14. The van der Waals surface area contributed by atoms with Crippen LogP contribution in [0.1, 0.15) is 19.3 Å². The highest BCUT2D eigenvalue weighted by molar-refractivity contribution is 5.30. The second-order valence-corrected chi connectivity index (χ2v) is 2.64. The molecule has 56 valence electrons. The SMILES string of the molecule is N#CC1=CC([O-])(C#N)CCC1. The predicted molar refractivity (Wildman–Crippen MR) is 35.9 cm³/mol. The number of hydrogen-bond donors (Lipinski definition) is 0. The highest BCUT2D eigenvalue weighted by Gasteiger charge is 2.18. The summed E-state index contributed by atoms with van der Waals surface area (Å²) in [5.74, 6) is 0. The first-order chi connectivity index (χ1) is 5.20. The van der Waals surface area contributed by atoms with Crippen LogP contribution in [-0.4, -0.2) is 5.60 Å². The predicted octanol–water partition coefficient (Wildman–Crippen LogP) is 0.243. The van der Waals surface area contributed by atoms with Gasteiger partial charge in [0.2, 0.25) is 0 Å². The Kier molecular flexibility index (Phi) is 1.94. The number of nitriles is 2. The number of allylic oxidation sites excluding steroid dienone is 1. The zero-order valence-electron chi connectivity index (χ0n) is 6.00. The van der Waals surface area contributed by atoms with E-state index in [9.17, 15) is 5.11 Å². The van der Waals surface area contributed by atoms with Crippen LogP contribution in [0.5, 0.6) is 0 Å². The summed E-state index contributed by atoms with van der Waals surface area (Å²) in [5, 5.41) is 28.2. The Morgan fingerprint density at radius 2 is 2.27 bits per heavy atom. The third-order valence-corrected chi connectivity index (χ3v) is 1.73. The van der Waals surface area contributed by atoms with Crippen LogP contribution in [0.4, 0.5) is 0 Å². The molecule has 11 heavy (non-hydrogen) atoms. The van der Waals surface area contributed by atoms with Crippen LogP contribution in [0.25, 0.3) is 0 Å². The van der Waals surface area contributed by atoms with Crippen molar-refractivity contribution in [3.63, 3.8) is 0 Å². The zero-order chi connectivity index (χ0) is 8.32. The summed E-state index contributed by atoms with van der Waals surface area (Å²) in [6.07, 6.45) is 2.86. The summed E-state index contributed by atoms with van der Waals surface area (Å²) < 4.78 is 0. The summed E-state index contributed by atoms with van der Waals surface area (Å²) in [6.45, 7) is 0. The van der Waals surface area contributed by atoms with Crippen molar-refractivity contribution in [3.8, 4) is 12.1 Å². The first-order valence-electron chi connectivity index (χ1n) is 3.44. The maximum Gasteiger partial charge on any atom is 0.0943 e. The van der Waals surface area contributed by atoms with Crippen LogP contribution in [0.15, 0.2) is 11.6 Å². The highest BCUT2D eigenvalue weighted by atomic mass is 16.3. The topological polar surface area (TPSA) is 70.6 Å². The van der Waals surface area contributed by atoms with Crippen molar-refractivity contribution in [1.82, 2.24) is 0 Å². The second kappa shape index (κ2) is 2.74. The van der Waals surface area contributed by atoms with Gasteiger partial charge in [-0.05, 0) is 24.9 Å². The van der Waals surface area contributed by atoms with Crippen LogP contribution in [0.2, 0.25) is 0 Å². The van der Waals surface area contributed by atoms with Crippen LogP contribution >= 0.6 is 0 Å².